The Morgan fingerprint density at radius 1 is 1.20 bits per heavy atom. The van der Waals surface area contributed by atoms with Crippen molar-refractivity contribution in [1.82, 2.24) is 0 Å². The SMILES string of the molecule is COC(=O)CC(N)c1cccc(-c2ccccc2C)c1. The maximum atomic E-state index is 11.3. The smallest absolute Gasteiger partial charge is 0.307 e. The van der Waals surface area contributed by atoms with Crippen LogP contribution < -0.4 is 5.73 Å². The average Bonchev–Trinajstić information content (AvgIpc) is 2.47. The molecule has 0 aromatic heterocycles. The minimum atomic E-state index is -0.341. The van der Waals surface area contributed by atoms with E-state index in [0.29, 0.717) is 0 Å². The summed E-state index contributed by atoms with van der Waals surface area (Å²) in [6.45, 7) is 2.08. The van der Waals surface area contributed by atoms with Crippen LogP contribution in [-0.2, 0) is 9.53 Å². The van der Waals surface area contributed by atoms with Crippen LogP contribution in [0.2, 0.25) is 0 Å². The minimum Gasteiger partial charge on any atom is -0.469 e. The van der Waals surface area contributed by atoms with Crippen LogP contribution >= 0.6 is 0 Å². The number of ether oxygens (including phenoxy) is 1. The largest absolute Gasteiger partial charge is 0.469 e. The predicted molar refractivity (Wildman–Crippen MR) is 80.2 cm³/mol. The van der Waals surface area contributed by atoms with Crippen LogP contribution in [0, 0.1) is 6.92 Å². The van der Waals surface area contributed by atoms with Crippen molar-refractivity contribution in [2.75, 3.05) is 7.11 Å². The van der Waals surface area contributed by atoms with Crippen LogP contribution in [-0.4, -0.2) is 13.1 Å². The molecule has 2 aromatic rings. The summed E-state index contributed by atoms with van der Waals surface area (Å²) in [5.41, 5.74) is 10.5. The first-order valence-corrected chi connectivity index (χ1v) is 6.60. The third-order valence-corrected chi connectivity index (χ3v) is 3.39. The van der Waals surface area contributed by atoms with Gasteiger partial charge in [-0.15, -0.1) is 0 Å². The quantitative estimate of drug-likeness (QED) is 0.867. The van der Waals surface area contributed by atoms with Crippen LogP contribution in [0.5, 0.6) is 0 Å². The van der Waals surface area contributed by atoms with E-state index in [1.165, 1.54) is 18.2 Å². The first-order chi connectivity index (χ1) is 9.61. The molecule has 0 aliphatic rings. The van der Waals surface area contributed by atoms with Crippen LogP contribution in [0.4, 0.5) is 0 Å². The molecule has 0 amide bonds. The average molecular weight is 269 g/mol. The monoisotopic (exact) mass is 269 g/mol. The number of rotatable bonds is 4. The predicted octanol–water partition coefficient (Wildman–Crippen LogP) is 3.22. The molecule has 3 nitrogen and oxygen atoms in total. The Hall–Kier alpha value is -2.13. The number of carbonyl (C=O) groups excluding carboxylic acids is 1. The van der Waals surface area contributed by atoms with Gasteiger partial charge in [0.05, 0.1) is 13.5 Å². The van der Waals surface area contributed by atoms with Gasteiger partial charge in [-0.1, -0.05) is 42.5 Å². The standard InChI is InChI=1S/C17H19NO2/c1-12-6-3-4-9-15(12)13-7-5-8-14(10-13)16(18)11-17(19)20-2/h3-10,16H,11,18H2,1-2H3. The number of aryl methyl sites for hydroxylation is 1. The Kier molecular flexibility index (Phi) is 4.53. The van der Waals surface area contributed by atoms with E-state index in [0.717, 1.165) is 11.1 Å². The molecule has 104 valence electrons. The second kappa shape index (κ2) is 6.35. The molecule has 0 aliphatic carbocycles. The molecule has 0 aliphatic heterocycles. The zero-order valence-electron chi connectivity index (χ0n) is 11.8. The van der Waals surface area contributed by atoms with Gasteiger partial charge in [0, 0.05) is 6.04 Å². The van der Waals surface area contributed by atoms with Gasteiger partial charge < -0.3 is 10.5 Å². The maximum Gasteiger partial charge on any atom is 0.307 e. The number of esters is 1. The molecule has 2 rings (SSSR count). The van der Waals surface area contributed by atoms with E-state index in [9.17, 15) is 4.79 Å². The number of nitrogens with two attached hydrogens (primary N) is 1. The lowest BCUT2D eigenvalue weighted by molar-refractivity contribution is -0.141. The molecule has 20 heavy (non-hydrogen) atoms. The molecule has 0 heterocycles. The highest BCUT2D eigenvalue weighted by molar-refractivity contribution is 5.71. The van der Waals surface area contributed by atoms with E-state index in [-0.39, 0.29) is 18.4 Å². The van der Waals surface area contributed by atoms with Gasteiger partial charge in [-0.25, -0.2) is 0 Å². The fourth-order valence-electron chi connectivity index (χ4n) is 2.21. The molecule has 2 N–H and O–H groups in total. The summed E-state index contributed by atoms with van der Waals surface area (Å²) in [6, 6.07) is 15.9. The first kappa shape index (κ1) is 14.3. The van der Waals surface area contributed by atoms with Crippen molar-refractivity contribution in [2.24, 2.45) is 5.73 Å². The van der Waals surface area contributed by atoms with Crippen molar-refractivity contribution in [3.8, 4) is 11.1 Å². The van der Waals surface area contributed by atoms with Crippen molar-refractivity contribution >= 4 is 5.97 Å². The van der Waals surface area contributed by atoms with Crippen molar-refractivity contribution in [3.63, 3.8) is 0 Å². The maximum absolute atomic E-state index is 11.3. The Balaban J connectivity index is 2.29. The van der Waals surface area contributed by atoms with E-state index in [2.05, 4.69) is 29.9 Å². The van der Waals surface area contributed by atoms with Crippen molar-refractivity contribution in [2.45, 2.75) is 19.4 Å². The van der Waals surface area contributed by atoms with Gasteiger partial charge in [-0.3, -0.25) is 4.79 Å². The molecule has 0 bridgehead atoms. The van der Waals surface area contributed by atoms with Crippen molar-refractivity contribution in [1.29, 1.82) is 0 Å². The molecule has 0 fully saturated rings. The lowest BCUT2D eigenvalue weighted by atomic mass is 9.96. The molecule has 3 heteroatoms. The van der Waals surface area contributed by atoms with E-state index in [4.69, 9.17) is 5.73 Å². The van der Waals surface area contributed by atoms with Gasteiger partial charge in [0.2, 0.25) is 0 Å². The molecule has 0 spiro atoms. The summed E-state index contributed by atoms with van der Waals surface area (Å²) in [6.07, 6.45) is 0.188. The summed E-state index contributed by atoms with van der Waals surface area (Å²) in [7, 11) is 1.37. The summed E-state index contributed by atoms with van der Waals surface area (Å²) in [5, 5.41) is 0. The van der Waals surface area contributed by atoms with E-state index in [1.54, 1.807) is 0 Å². The van der Waals surface area contributed by atoms with Crippen LogP contribution in [0.3, 0.4) is 0 Å². The van der Waals surface area contributed by atoms with Gasteiger partial charge in [-0.05, 0) is 35.2 Å². The Bertz CT molecular complexity index is 607. The summed E-state index contributed by atoms with van der Waals surface area (Å²) < 4.78 is 4.66. The second-order valence-electron chi connectivity index (χ2n) is 4.83. The zero-order chi connectivity index (χ0) is 14.5. The lowest BCUT2D eigenvalue weighted by Crippen LogP contribution is -2.16. The van der Waals surface area contributed by atoms with Gasteiger partial charge >= 0.3 is 5.97 Å². The highest BCUT2D eigenvalue weighted by Crippen LogP contribution is 2.26. The Morgan fingerprint density at radius 3 is 2.65 bits per heavy atom. The third-order valence-electron chi connectivity index (χ3n) is 3.39. The topological polar surface area (TPSA) is 52.3 Å². The third kappa shape index (κ3) is 3.25. The van der Waals surface area contributed by atoms with Gasteiger partial charge in [0.25, 0.3) is 0 Å². The number of carbonyl (C=O) groups is 1. The van der Waals surface area contributed by atoms with E-state index >= 15 is 0 Å². The summed E-state index contributed by atoms with van der Waals surface area (Å²) in [5.74, 6) is -0.293. The molecule has 0 saturated heterocycles. The van der Waals surface area contributed by atoms with E-state index in [1.807, 2.05) is 30.3 Å². The number of hydrogen-bond acceptors (Lipinski definition) is 3. The normalized spacial score (nSPS) is 11.9. The lowest BCUT2D eigenvalue weighted by Gasteiger charge is -2.13. The highest BCUT2D eigenvalue weighted by atomic mass is 16.5. The van der Waals surface area contributed by atoms with Crippen LogP contribution in [0.25, 0.3) is 11.1 Å². The van der Waals surface area contributed by atoms with Crippen molar-refractivity contribution < 1.29 is 9.53 Å². The van der Waals surface area contributed by atoms with E-state index < -0.39 is 0 Å². The molecule has 2 aromatic carbocycles. The fraction of sp³-hybridized carbons (Fsp3) is 0.235. The van der Waals surface area contributed by atoms with Crippen molar-refractivity contribution in [3.05, 3.63) is 59.7 Å². The van der Waals surface area contributed by atoms with Crippen LogP contribution in [0.15, 0.2) is 48.5 Å². The molecule has 1 atom stereocenters. The fourth-order valence-corrected chi connectivity index (χ4v) is 2.21. The van der Waals surface area contributed by atoms with Crippen LogP contribution in [0.1, 0.15) is 23.6 Å². The summed E-state index contributed by atoms with van der Waals surface area (Å²) >= 11 is 0. The molecular formula is C17H19NO2. The summed E-state index contributed by atoms with van der Waals surface area (Å²) in [4.78, 5) is 11.3. The second-order valence-corrected chi connectivity index (χ2v) is 4.83. The molecule has 0 saturated carbocycles. The number of methoxy groups -OCH3 is 1. The molecular weight excluding hydrogens is 250 g/mol. The highest BCUT2D eigenvalue weighted by Gasteiger charge is 2.12. The number of benzene rings is 2. The first-order valence-electron chi connectivity index (χ1n) is 6.60. The van der Waals surface area contributed by atoms with Gasteiger partial charge in [-0.2, -0.15) is 0 Å². The Morgan fingerprint density at radius 2 is 1.95 bits per heavy atom. The molecule has 0 radical (unpaired) electrons. The van der Waals surface area contributed by atoms with Gasteiger partial charge in [0.15, 0.2) is 0 Å². The Labute approximate surface area is 119 Å². The molecule has 1 unspecified atom stereocenters. The number of hydrogen-bond donors (Lipinski definition) is 1. The zero-order valence-corrected chi connectivity index (χ0v) is 11.8. The van der Waals surface area contributed by atoms with Gasteiger partial charge in [0.1, 0.15) is 0 Å². The minimum absolute atomic E-state index is 0.188.